The average Bonchev–Trinajstić information content (AvgIpc) is 2.80. The molecule has 0 radical (unpaired) electrons. The van der Waals surface area contributed by atoms with E-state index in [9.17, 15) is 24.3 Å². The van der Waals surface area contributed by atoms with Crippen molar-refractivity contribution in [3.8, 4) is 5.75 Å². The van der Waals surface area contributed by atoms with Crippen LogP contribution in [0.25, 0.3) is 10.9 Å². The Labute approximate surface area is 182 Å². The van der Waals surface area contributed by atoms with Crippen LogP contribution in [-0.2, 0) is 27.2 Å². The van der Waals surface area contributed by atoms with E-state index >= 15 is 0 Å². The summed E-state index contributed by atoms with van der Waals surface area (Å²) in [7, 11) is 2.33. The molecule has 2 aromatic heterocycles. The number of nitrogens with zero attached hydrogens (tertiary/aromatic N) is 1. The Kier molecular flexibility index (Phi) is 5.56. The third-order valence-corrected chi connectivity index (χ3v) is 5.88. The minimum Gasteiger partial charge on any atom is -0.506 e. The van der Waals surface area contributed by atoms with Gasteiger partial charge in [-0.2, -0.15) is 0 Å². The molecule has 0 amide bonds. The van der Waals surface area contributed by atoms with Crippen molar-refractivity contribution >= 4 is 22.8 Å². The van der Waals surface area contributed by atoms with Crippen molar-refractivity contribution in [1.29, 1.82) is 0 Å². The number of hydrogen-bond acceptors (Lipinski definition) is 7. The summed E-state index contributed by atoms with van der Waals surface area (Å²) < 4.78 is 11.1. The van der Waals surface area contributed by atoms with E-state index in [2.05, 4.69) is 9.72 Å². The van der Waals surface area contributed by atoms with Crippen molar-refractivity contribution < 1.29 is 24.2 Å². The molecule has 1 aliphatic rings. The summed E-state index contributed by atoms with van der Waals surface area (Å²) in [5.74, 6) is -3.32. The number of benzene rings is 1. The summed E-state index contributed by atoms with van der Waals surface area (Å²) in [5.41, 5.74) is 0.401. The monoisotopic (exact) mass is 438 g/mol. The summed E-state index contributed by atoms with van der Waals surface area (Å²) in [6, 6.07) is 7.35. The minimum atomic E-state index is -1.14. The first kappa shape index (κ1) is 21.4. The predicted octanol–water partition coefficient (Wildman–Crippen LogP) is 1.82. The summed E-state index contributed by atoms with van der Waals surface area (Å²) >= 11 is 0. The lowest BCUT2D eigenvalue weighted by molar-refractivity contribution is -0.140. The molecule has 0 aliphatic carbocycles. The van der Waals surface area contributed by atoms with Gasteiger partial charge in [0, 0.05) is 24.2 Å². The molecule has 1 atom stereocenters. The number of pyridine rings is 2. The molecule has 0 saturated heterocycles. The van der Waals surface area contributed by atoms with E-state index in [1.54, 1.807) is 10.6 Å². The highest BCUT2D eigenvalue weighted by atomic mass is 16.5. The number of aromatic nitrogens is 2. The molecule has 9 nitrogen and oxygen atoms in total. The van der Waals surface area contributed by atoms with Gasteiger partial charge >= 0.3 is 11.9 Å². The number of carbonyl (C=O) groups excluding carboxylic acids is 2. The fourth-order valence-corrected chi connectivity index (χ4v) is 4.38. The van der Waals surface area contributed by atoms with E-state index in [0.717, 1.165) is 42.6 Å². The maximum Gasteiger partial charge on any atom is 0.343 e. The Hall–Kier alpha value is -3.88. The largest absolute Gasteiger partial charge is 0.506 e. The van der Waals surface area contributed by atoms with Crippen molar-refractivity contribution in [2.75, 3.05) is 14.2 Å². The van der Waals surface area contributed by atoms with E-state index < -0.39 is 29.2 Å². The Morgan fingerprint density at radius 2 is 2.00 bits per heavy atom. The van der Waals surface area contributed by atoms with Crippen LogP contribution in [0.5, 0.6) is 5.75 Å². The van der Waals surface area contributed by atoms with Gasteiger partial charge in [-0.25, -0.2) is 4.79 Å². The van der Waals surface area contributed by atoms with Gasteiger partial charge in [-0.15, -0.1) is 0 Å². The second-order valence-corrected chi connectivity index (χ2v) is 7.63. The van der Waals surface area contributed by atoms with Crippen LogP contribution in [0.2, 0.25) is 0 Å². The third-order valence-electron chi connectivity index (χ3n) is 5.88. The number of H-pyrrole nitrogens is 1. The lowest BCUT2D eigenvalue weighted by Gasteiger charge is -2.23. The molecular formula is C23H22N2O7. The van der Waals surface area contributed by atoms with E-state index in [4.69, 9.17) is 4.74 Å². The Balaban J connectivity index is 2.02. The van der Waals surface area contributed by atoms with Gasteiger partial charge in [0.2, 0.25) is 0 Å². The van der Waals surface area contributed by atoms with Gasteiger partial charge in [0.25, 0.3) is 11.1 Å². The number of para-hydroxylation sites is 1. The quantitative estimate of drug-likeness (QED) is 0.582. The van der Waals surface area contributed by atoms with Crippen LogP contribution in [0, 0.1) is 0 Å². The number of methoxy groups -OCH3 is 2. The first-order valence-corrected chi connectivity index (χ1v) is 10.1. The second kappa shape index (κ2) is 8.33. The molecule has 3 aromatic rings. The summed E-state index contributed by atoms with van der Waals surface area (Å²) in [5, 5.41) is 11.6. The average molecular weight is 438 g/mol. The summed E-state index contributed by atoms with van der Waals surface area (Å²) in [6.45, 7) is 0.496. The first-order chi connectivity index (χ1) is 15.4. The fraction of sp³-hybridized carbons (Fsp3) is 0.304. The second-order valence-electron chi connectivity index (χ2n) is 7.63. The highest BCUT2D eigenvalue weighted by Crippen LogP contribution is 2.34. The van der Waals surface area contributed by atoms with Crippen LogP contribution in [0.1, 0.15) is 45.8 Å². The third kappa shape index (κ3) is 3.45. The molecule has 1 unspecified atom stereocenters. The Morgan fingerprint density at radius 1 is 1.22 bits per heavy atom. The molecule has 1 aliphatic heterocycles. The molecule has 4 rings (SSSR count). The van der Waals surface area contributed by atoms with Gasteiger partial charge in [-0.3, -0.25) is 14.4 Å². The molecule has 2 N–H and O–H groups in total. The van der Waals surface area contributed by atoms with Gasteiger partial charge in [-0.1, -0.05) is 18.2 Å². The Bertz CT molecular complexity index is 1350. The number of hydrogen-bond donors (Lipinski definition) is 2. The van der Waals surface area contributed by atoms with Crippen molar-refractivity contribution in [3.05, 3.63) is 73.4 Å². The zero-order valence-corrected chi connectivity index (χ0v) is 17.6. The van der Waals surface area contributed by atoms with Crippen LogP contribution in [0.3, 0.4) is 0 Å². The van der Waals surface area contributed by atoms with Crippen LogP contribution < -0.4 is 11.1 Å². The van der Waals surface area contributed by atoms with Crippen molar-refractivity contribution in [2.45, 2.75) is 31.7 Å². The van der Waals surface area contributed by atoms with Gasteiger partial charge in [-0.05, 0) is 29.9 Å². The smallest absolute Gasteiger partial charge is 0.343 e. The molecule has 0 bridgehead atoms. The van der Waals surface area contributed by atoms with E-state index in [1.165, 1.54) is 7.11 Å². The normalized spacial score (nSPS) is 13.6. The number of aromatic amines is 1. The molecule has 3 heterocycles. The van der Waals surface area contributed by atoms with Gasteiger partial charge in [0.1, 0.15) is 11.3 Å². The lowest BCUT2D eigenvalue weighted by atomic mass is 9.87. The molecule has 9 heteroatoms. The standard InChI is InChI=1S/C23H22N2O7/c1-31-17(26)10-14(18-20(27)16(23(30)32-2)11-24-21(18)28)15-9-13-6-3-5-12-7-4-8-25(19(12)13)22(15)29/h3,5-6,9,11,14H,4,7-8,10H2,1-2H3,(H2,24,27,28). The molecule has 0 fully saturated rings. The van der Waals surface area contributed by atoms with Gasteiger partial charge in [0.15, 0.2) is 0 Å². The van der Waals surface area contributed by atoms with Crippen molar-refractivity contribution in [2.24, 2.45) is 0 Å². The molecular weight excluding hydrogens is 416 g/mol. The molecule has 1 aromatic carbocycles. The van der Waals surface area contributed by atoms with E-state index in [-0.39, 0.29) is 28.7 Å². The van der Waals surface area contributed by atoms with Gasteiger partial charge < -0.3 is 24.1 Å². The van der Waals surface area contributed by atoms with Crippen LogP contribution in [-0.4, -0.2) is 40.8 Å². The van der Waals surface area contributed by atoms with Crippen LogP contribution in [0.4, 0.5) is 0 Å². The van der Waals surface area contributed by atoms with Gasteiger partial charge in [0.05, 0.1) is 31.7 Å². The number of aryl methyl sites for hydroxylation is 2. The lowest BCUT2D eigenvalue weighted by Crippen LogP contribution is -2.31. The van der Waals surface area contributed by atoms with Crippen LogP contribution in [0.15, 0.2) is 40.1 Å². The number of carbonyl (C=O) groups is 2. The number of nitrogens with one attached hydrogen (secondary N) is 1. The predicted molar refractivity (Wildman–Crippen MR) is 115 cm³/mol. The zero-order chi connectivity index (χ0) is 23.0. The molecule has 0 spiro atoms. The summed E-state index contributed by atoms with van der Waals surface area (Å²) in [4.78, 5) is 53.0. The van der Waals surface area contributed by atoms with E-state index in [0.29, 0.717) is 6.54 Å². The number of rotatable bonds is 5. The topological polar surface area (TPSA) is 128 Å². The number of aromatic hydroxyl groups is 1. The fourth-order valence-electron chi connectivity index (χ4n) is 4.38. The number of esters is 2. The molecule has 32 heavy (non-hydrogen) atoms. The molecule has 166 valence electrons. The highest BCUT2D eigenvalue weighted by Gasteiger charge is 2.31. The number of ether oxygens (including phenoxy) is 2. The highest BCUT2D eigenvalue weighted by molar-refractivity contribution is 5.92. The van der Waals surface area contributed by atoms with Crippen molar-refractivity contribution in [1.82, 2.24) is 9.55 Å². The Morgan fingerprint density at radius 3 is 2.72 bits per heavy atom. The zero-order valence-electron chi connectivity index (χ0n) is 17.6. The SMILES string of the molecule is COC(=O)CC(c1c(O)c(C(=O)OC)c[nH]c1=O)c1cc2cccc3c2n(c1=O)CCC3. The molecule has 0 saturated carbocycles. The maximum atomic E-state index is 13.5. The summed E-state index contributed by atoms with van der Waals surface area (Å²) in [6.07, 6.45) is 2.29. The minimum absolute atomic E-state index is 0.157. The van der Waals surface area contributed by atoms with E-state index in [1.807, 2.05) is 18.2 Å². The van der Waals surface area contributed by atoms with Crippen molar-refractivity contribution in [3.63, 3.8) is 0 Å². The maximum absolute atomic E-state index is 13.5. The first-order valence-electron chi connectivity index (χ1n) is 10.1. The van der Waals surface area contributed by atoms with Crippen LogP contribution >= 0.6 is 0 Å².